The first-order chi connectivity index (χ1) is 22.9. The molecule has 6 rings (SSSR count). The van der Waals surface area contributed by atoms with Crippen LogP contribution in [0.25, 0.3) is 0 Å². The number of amides is 3. The molecule has 0 aliphatic carbocycles. The minimum Gasteiger partial charge on any atom is -0.367 e. The average molecular weight is 650 g/mol. The molecule has 0 bridgehead atoms. The highest BCUT2D eigenvalue weighted by atomic mass is 35.5. The Balaban J connectivity index is 1.09. The van der Waals surface area contributed by atoms with Crippen LogP contribution in [0.5, 0.6) is 0 Å². The summed E-state index contributed by atoms with van der Waals surface area (Å²) in [5.74, 6) is -0.409. The minimum atomic E-state index is -0.725. The summed E-state index contributed by atoms with van der Waals surface area (Å²) in [7, 11) is 0. The first-order valence-electron chi connectivity index (χ1n) is 16.2. The maximum atomic E-state index is 14.0. The van der Waals surface area contributed by atoms with Crippen molar-refractivity contribution < 1.29 is 14.4 Å². The van der Waals surface area contributed by atoms with Gasteiger partial charge in [-0.05, 0) is 59.4 Å². The monoisotopic (exact) mass is 649 g/mol. The zero-order chi connectivity index (χ0) is 32.6. The van der Waals surface area contributed by atoms with Crippen LogP contribution in [0.15, 0.2) is 103 Å². The summed E-state index contributed by atoms with van der Waals surface area (Å²) in [6, 6.07) is 32.1. The summed E-state index contributed by atoms with van der Waals surface area (Å²) >= 11 is 6.12. The normalized spacial score (nSPS) is 16.6. The number of carbonyl (C=O) groups is 3. The lowest BCUT2D eigenvalue weighted by molar-refractivity contribution is -0.137. The summed E-state index contributed by atoms with van der Waals surface area (Å²) in [6.07, 6.45) is 1.69. The highest BCUT2D eigenvalue weighted by Crippen LogP contribution is 2.23. The Hall–Kier alpha value is -4.66. The third kappa shape index (κ3) is 8.20. The third-order valence-corrected chi connectivity index (χ3v) is 9.24. The molecule has 0 saturated carbocycles. The molecule has 0 unspecified atom stereocenters. The Morgan fingerprint density at radius 1 is 0.787 bits per heavy atom. The van der Waals surface area contributed by atoms with Crippen molar-refractivity contribution in [1.82, 2.24) is 20.9 Å². The summed E-state index contributed by atoms with van der Waals surface area (Å²) in [5, 5.41) is 10.1. The second kappa shape index (κ2) is 15.3. The lowest BCUT2D eigenvalue weighted by atomic mass is 9.95. The van der Waals surface area contributed by atoms with E-state index in [1.54, 1.807) is 12.1 Å². The van der Waals surface area contributed by atoms with Crippen molar-refractivity contribution in [3.63, 3.8) is 0 Å². The van der Waals surface area contributed by atoms with Gasteiger partial charge in [0.1, 0.15) is 6.04 Å². The first kappa shape index (κ1) is 32.3. The number of piperazine rings is 1. The Labute approximate surface area is 281 Å². The van der Waals surface area contributed by atoms with Crippen molar-refractivity contribution in [1.29, 1.82) is 0 Å². The molecule has 2 aliphatic heterocycles. The fraction of sp³-hybridized carbons (Fsp3) is 0.289. The van der Waals surface area contributed by atoms with Crippen molar-refractivity contribution >= 4 is 35.0 Å². The molecule has 4 aromatic rings. The first-order valence-corrected chi connectivity index (χ1v) is 16.6. The van der Waals surface area contributed by atoms with Gasteiger partial charge in [0.15, 0.2) is 0 Å². The number of fused-ring (bicyclic) bond motifs is 1. The maximum absolute atomic E-state index is 14.0. The summed E-state index contributed by atoms with van der Waals surface area (Å²) in [5.41, 5.74) is 5.90. The van der Waals surface area contributed by atoms with Crippen LogP contribution in [0.1, 0.15) is 32.6 Å². The molecule has 1 fully saturated rings. The maximum Gasteiger partial charge on any atom is 0.253 e. The lowest BCUT2D eigenvalue weighted by Crippen LogP contribution is -2.58. The van der Waals surface area contributed by atoms with Gasteiger partial charge >= 0.3 is 0 Å². The molecule has 3 amide bonds. The third-order valence-electron chi connectivity index (χ3n) is 8.99. The number of para-hydroxylation sites is 1. The van der Waals surface area contributed by atoms with E-state index in [0.29, 0.717) is 62.7 Å². The summed E-state index contributed by atoms with van der Waals surface area (Å²) in [4.78, 5) is 44.7. The molecular formula is C38H40ClN5O3. The Morgan fingerprint density at radius 3 is 2.23 bits per heavy atom. The fourth-order valence-corrected chi connectivity index (χ4v) is 6.48. The molecular weight excluding hydrogens is 610 g/mol. The average Bonchev–Trinajstić information content (AvgIpc) is 3.12. The van der Waals surface area contributed by atoms with Crippen LogP contribution in [-0.4, -0.2) is 67.4 Å². The summed E-state index contributed by atoms with van der Waals surface area (Å²) in [6.45, 7) is 3.25. The van der Waals surface area contributed by atoms with Crippen molar-refractivity contribution in [2.45, 2.75) is 37.9 Å². The number of rotatable bonds is 10. The van der Waals surface area contributed by atoms with Gasteiger partial charge in [-0.1, -0.05) is 90.5 Å². The molecule has 4 aromatic carbocycles. The molecule has 2 atom stereocenters. The molecule has 1 saturated heterocycles. The van der Waals surface area contributed by atoms with E-state index in [4.69, 9.17) is 11.6 Å². The van der Waals surface area contributed by atoms with E-state index < -0.39 is 12.1 Å². The van der Waals surface area contributed by atoms with Crippen LogP contribution in [0.3, 0.4) is 0 Å². The van der Waals surface area contributed by atoms with Crippen LogP contribution in [0.2, 0.25) is 5.02 Å². The topological polar surface area (TPSA) is 93.8 Å². The van der Waals surface area contributed by atoms with Gasteiger partial charge in [0.05, 0.1) is 11.6 Å². The molecule has 9 heteroatoms. The van der Waals surface area contributed by atoms with Gasteiger partial charge in [0.25, 0.3) is 5.91 Å². The van der Waals surface area contributed by atoms with Crippen molar-refractivity contribution in [3.05, 3.63) is 136 Å². The molecule has 0 aromatic heterocycles. The van der Waals surface area contributed by atoms with Crippen LogP contribution in [0, 0.1) is 0 Å². The van der Waals surface area contributed by atoms with Gasteiger partial charge in [-0.15, -0.1) is 0 Å². The van der Waals surface area contributed by atoms with Gasteiger partial charge in [-0.2, -0.15) is 0 Å². The highest BCUT2D eigenvalue weighted by Gasteiger charge is 2.32. The lowest BCUT2D eigenvalue weighted by Gasteiger charge is -2.38. The molecule has 0 spiro atoms. The van der Waals surface area contributed by atoms with E-state index >= 15 is 0 Å². The van der Waals surface area contributed by atoms with Crippen LogP contribution >= 0.6 is 11.6 Å². The van der Waals surface area contributed by atoms with Crippen molar-refractivity contribution in [2.24, 2.45) is 0 Å². The number of halogens is 1. The van der Waals surface area contributed by atoms with Gasteiger partial charge in [0.2, 0.25) is 11.8 Å². The summed E-state index contributed by atoms with van der Waals surface area (Å²) < 4.78 is 0. The smallest absolute Gasteiger partial charge is 0.253 e. The van der Waals surface area contributed by atoms with Gasteiger partial charge in [0, 0.05) is 56.4 Å². The minimum absolute atomic E-state index is 0.111. The number of benzene rings is 4. The second-order valence-electron chi connectivity index (χ2n) is 12.1. The second-order valence-corrected chi connectivity index (χ2v) is 12.6. The number of anilines is 1. The van der Waals surface area contributed by atoms with Crippen LogP contribution < -0.4 is 20.9 Å². The zero-order valence-electron chi connectivity index (χ0n) is 26.3. The van der Waals surface area contributed by atoms with Gasteiger partial charge < -0.3 is 25.8 Å². The number of nitrogens with one attached hydrogen (secondary N) is 3. The standard InChI is InChI=1S/C38H40ClN5O3/c39-31-16-14-28(15-17-31)24-34(42-37(46)33-25-29-10-4-5-11-30(29)26-41-33)38(47)44-22-20-43(21-23-44)35-13-7-6-12-32(35)36(45)40-19-18-27-8-2-1-3-9-27/h1-17,33-34,41H,18-26H2,(H,40,45)(H,42,46)/t33-,34+/m0/s1. The Morgan fingerprint density at radius 2 is 1.47 bits per heavy atom. The van der Waals surface area contributed by atoms with E-state index in [0.717, 1.165) is 23.2 Å². The molecule has 2 aliphatic rings. The van der Waals surface area contributed by atoms with Crippen molar-refractivity contribution in [2.75, 3.05) is 37.6 Å². The fourth-order valence-electron chi connectivity index (χ4n) is 6.36. The molecule has 2 heterocycles. The Kier molecular flexibility index (Phi) is 10.5. The van der Waals surface area contributed by atoms with Crippen LogP contribution in [0.4, 0.5) is 5.69 Å². The SMILES string of the molecule is O=C(NCCc1ccccc1)c1ccccc1N1CCN(C(=O)[C@@H](Cc2ccc(Cl)cc2)NC(=O)[C@@H]2Cc3ccccc3CN2)CC1. The number of carbonyl (C=O) groups excluding carboxylic acids is 3. The largest absolute Gasteiger partial charge is 0.367 e. The predicted molar refractivity (Wildman–Crippen MR) is 186 cm³/mol. The van der Waals surface area contributed by atoms with E-state index in [2.05, 4.69) is 45.1 Å². The molecule has 0 radical (unpaired) electrons. The predicted octanol–water partition coefficient (Wildman–Crippen LogP) is 4.40. The number of nitrogens with zero attached hydrogens (tertiary/aromatic N) is 2. The quantitative estimate of drug-likeness (QED) is 0.237. The Bertz CT molecular complexity index is 1690. The molecule has 242 valence electrons. The van der Waals surface area contributed by atoms with Gasteiger partial charge in [-0.25, -0.2) is 0 Å². The van der Waals surface area contributed by atoms with E-state index in [-0.39, 0.29) is 17.7 Å². The number of hydrogen-bond acceptors (Lipinski definition) is 5. The van der Waals surface area contributed by atoms with Crippen LogP contribution in [-0.2, 0) is 35.4 Å². The van der Waals surface area contributed by atoms with E-state index in [1.807, 2.05) is 71.6 Å². The molecule has 47 heavy (non-hydrogen) atoms. The number of hydrogen-bond donors (Lipinski definition) is 3. The van der Waals surface area contributed by atoms with Gasteiger partial charge in [-0.3, -0.25) is 14.4 Å². The van der Waals surface area contributed by atoms with E-state index in [9.17, 15) is 14.4 Å². The molecule has 8 nitrogen and oxygen atoms in total. The van der Waals surface area contributed by atoms with E-state index in [1.165, 1.54) is 11.1 Å². The zero-order valence-corrected chi connectivity index (χ0v) is 27.1. The highest BCUT2D eigenvalue weighted by molar-refractivity contribution is 6.30. The molecule has 3 N–H and O–H groups in total. The van der Waals surface area contributed by atoms with Crippen molar-refractivity contribution in [3.8, 4) is 0 Å².